The highest BCUT2D eigenvalue weighted by molar-refractivity contribution is 5.76. The summed E-state index contributed by atoms with van der Waals surface area (Å²) in [4.78, 5) is 11.7. The van der Waals surface area contributed by atoms with Crippen molar-refractivity contribution in [1.82, 2.24) is 10.6 Å². The molecular formula is C15H27FN2O. The predicted molar refractivity (Wildman–Crippen MR) is 77.5 cm³/mol. The highest BCUT2D eigenvalue weighted by atomic mass is 19.1. The lowest BCUT2D eigenvalue weighted by Crippen LogP contribution is -2.35. The van der Waals surface area contributed by atoms with Gasteiger partial charge in [0.05, 0.1) is 0 Å². The first-order valence-electron chi connectivity index (χ1n) is 6.95. The van der Waals surface area contributed by atoms with Crippen LogP contribution in [0, 0.1) is 18.3 Å². The maximum absolute atomic E-state index is 14.1. The quantitative estimate of drug-likeness (QED) is 0.472. The van der Waals surface area contributed by atoms with Crippen molar-refractivity contribution in [2.24, 2.45) is 5.92 Å². The van der Waals surface area contributed by atoms with Crippen LogP contribution < -0.4 is 10.6 Å². The molecular weight excluding hydrogens is 243 g/mol. The first-order chi connectivity index (χ1) is 8.91. The van der Waals surface area contributed by atoms with E-state index < -0.39 is 5.67 Å². The fourth-order valence-corrected chi connectivity index (χ4v) is 1.93. The number of carbonyl (C=O) groups excluding carboxylic acids is 1. The van der Waals surface area contributed by atoms with Crippen molar-refractivity contribution in [1.29, 1.82) is 0 Å². The van der Waals surface area contributed by atoms with E-state index in [4.69, 9.17) is 6.42 Å². The van der Waals surface area contributed by atoms with E-state index in [2.05, 4.69) is 16.6 Å². The third-order valence-electron chi connectivity index (χ3n) is 3.22. The Morgan fingerprint density at radius 2 is 2.05 bits per heavy atom. The van der Waals surface area contributed by atoms with Gasteiger partial charge in [0.1, 0.15) is 5.67 Å². The second-order valence-electron chi connectivity index (χ2n) is 5.37. The second-order valence-corrected chi connectivity index (χ2v) is 5.37. The van der Waals surface area contributed by atoms with Gasteiger partial charge in [-0.1, -0.05) is 6.42 Å². The summed E-state index contributed by atoms with van der Waals surface area (Å²) in [7, 11) is 1.82. The molecule has 0 spiro atoms. The topological polar surface area (TPSA) is 41.1 Å². The van der Waals surface area contributed by atoms with Gasteiger partial charge in [0.25, 0.3) is 0 Å². The largest absolute Gasteiger partial charge is 0.355 e. The lowest BCUT2D eigenvalue weighted by molar-refractivity contribution is -0.123. The molecule has 1 amide bonds. The molecule has 0 saturated carbocycles. The average molecular weight is 270 g/mol. The number of likely N-dealkylation sites (N-methyl/N-ethyl adjacent to an activating group) is 1. The number of carbonyl (C=O) groups is 1. The van der Waals surface area contributed by atoms with Gasteiger partial charge < -0.3 is 10.6 Å². The molecule has 0 aliphatic heterocycles. The Balaban J connectivity index is 4.13. The van der Waals surface area contributed by atoms with E-state index in [-0.39, 0.29) is 18.2 Å². The molecule has 0 heterocycles. The van der Waals surface area contributed by atoms with Gasteiger partial charge >= 0.3 is 0 Å². The van der Waals surface area contributed by atoms with Gasteiger partial charge in [0, 0.05) is 31.8 Å². The van der Waals surface area contributed by atoms with Crippen LogP contribution in [-0.4, -0.2) is 31.7 Å². The van der Waals surface area contributed by atoms with Crippen molar-refractivity contribution in [3.63, 3.8) is 0 Å². The number of terminal acetylenes is 1. The van der Waals surface area contributed by atoms with Crippen LogP contribution in [0.2, 0.25) is 0 Å². The first-order valence-corrected chi connectivity index (χ1v) is 6.95. The third-order valence-corrected chi connectivity index (χ3v) is 3.22. The van der Waals surface area contributed by atoms with E-state index in [0.717, 1.165) is 19.4 Å². The molecule has 4 heteroatoms. The maximum Gasteiger partial charge on any atom is 0.220 e. The fraction of sp³-hybridized carbons (Fsp3) is 0.800. The molecule has 2 N–H and O–H groups in total. The summed E-state index contributed by atoms with van der Waals surface area (Å²) in [5.74, 6) is 2.24. The number of unbranched alkanes of at least 4 members (excludes halogenated alkanes) is 2. The smallest absolute Gasteiger partial charge is 0.220 e. The molecule has 0 aromatic rings. The van der Waals surface area contributed by atoms with Gasteiger partial charge in [-0.3, -0.25) is 4.79 Å². The summed E-state index contributed by atoms with van der Waals surface area (Å²) in [6, 6.07) is 0. The number of rotatable bonds is 10. The monoisotopic (exact) mass is 270 g/mol. The molecule has 3 nitrogen and oxygen atoms in total. The summed E-state index contributed by atoms with van der Waals surface area (Å²) >= 11 is 0. The minimum absolute atomic E-state index is 0.0806. The Hall–Kier alpha value is -1.08. The molecule has 19 heavy (non-hydrogen) atoms. The molecule has 0 bridgehead atoms. The highest BCUT2D eigenvalue weighted by Gasteiger charge is 2.30. The second kappa shape index (κ2) is 9.80. The summed E-state index contributed by atoms with van der Waals surface area (Å²) in [6.45, 7) is 4.38. The summed E-state index contributed by atoms with van der Waals surface area (Å²) in [5, 5.41) is 5.73. The maximum atomic E-state index is 14.1. The van der Waals surface area contributed by atoms with Crippen LogP contribution in [0.3, 0.4) is 0 Å². The van der Waals surface area contributed by atoms with Gasteiger partial charge in [0.15, 0.2) is 0 Å². The normalized spacial score (nSPS) is 12.8. The van der Waals surface area contributed by atoms with Gasteiger partial charge in [-0.25, -0.2) is 4.39 Å². The van der Waals surface area contributed by atoms with Gasteiger partial charge in [-0.15, -0.1) is 12.3 Å². The Morgan fingerprint density at radius 1 is 1.37 bits per heavy atom. The zero-order valence-corrected chi connectivity index (χ0v) is 12.4. The summed E-state index contributed by atoms with van der Waals surface area (Å²) < 4.78 is 14.1. The molecule has 1 unspecified atom stereocenters. The standard InChI is InChI=1S/C15H27FN2O/c1-5-6-7-8-9-13(15(2,3)16)12-14(19)18-11-10-17-4/h1,13,17H,6-12H2,2-4H3,(H,18,19). The Labute approximate surface area is 116 Å². The number of alkyl halides is 1. The molecule has 110 valence electrons. The van der Waals surface area contributed by atoms with Crippen LogP contribution in [0.5, 0.6) is 0 Å². The van der Waals surface area contributed by atoms with Crippen molar-refractivity contribution >= 4 is 5.91 Å². The Kier molecular flexibility index (Phi) is 9.24. The van der Waals surface area contributed by atoms with Gasteiger partial charge in [0.2, 0.25) is 5.91 Å². The summed E-state index contributed by atoms with van der Waals surface area (Å²) in [6.07, 6.45) is 8.60. The number of nitrogens with one attached hydrogen (secondary N) is 2. The van der Waals surface area contributed by atoms with E-state index in [9.17, 15) is 9.18 Å². The van der Waals surface area contributed by atoms with Crippen molar-refractivity contribution in [2.45, 2.75) is 51.6 Å². The number of hydrogen-bond donors (Lipinski definition) is 2. The zero-order valence-electron chi connectivity index (χ0n) is 12.4. The molecule has 0 fully saturated rings. The van der Waals surface area contributed by atoms with Crippen molar-refractivity contribution in [2.75, 3.05) is 20.1 Å². The minimum atomic E-state index is -1.34. The molecule has 0 aromatic heterocycles. The molecule has 0 aromatic carbocycles. The Morgan fingerprint density at radius 3 is 2.58 bits per heavy atom. The van der Waals surface area contributed by atoms with Crippen molar-refractivity contribution < 1.29 is 9.18 Å². The molecule has 1 atom stereocenters. The third kappa shape index (κ3) is 9.49. The predicted octanol–water partition coefficient (Wildman–Crippen LogP) is 2.27. The first kappa shape index (κ1) is 17.9. The minimum Gasteiger partial charge on any atom is -0.355 e. The lowest BCUT2D eigenvalue weighted by atomic mass is 9.85. The van der Waals surface area contributed by atoms with E-state index in [1.54, 1.807) is 13.8 Å². The van der Waals surface area contributed by atoms with Gasteiger partial charge in [-0.05, 0) is 33.7 Å². The SMILES string of the molecule is C#CCCCCC(CC(=O)NCCNC)C(C)(C)F. The van der Waals surface area contributed by atoms with Crippen LogP contribution in [0.15, 0.2) is 0 Å². The number of amides is 1. The summed E-state index contributed by atoms with van der Waals surface area (Å²) in [5.41, 5.74) is -1.34. The fourth-order valence-electron chi connectivity index (χ4n) is 1.93. The van der Waals surface area contributed by atoms with Crippen LogP contribution in [0.1, 0.15) is 46.0 Å². The number of halogens is 1. The van der Waals surface area contributed by atoms with Crippen LogP contribution in [0.4, 0.5) is 4.39 Å². The highest BCUT2D eigenvalue weighted by Crippen LogP contribution is 2.29. The molecule has 0 saturated heterocycles. The molecule has 0 rings (SSSR count). The lowest BCUT2D eigenvalue weighted by Gasteiger charge is -2.26. The van der Waals surface area contributed by atoms with Crippen molar-refractivity contribution in [3.05, 3.63) is 0 Å². The van der Waals surface area contributed by atoms with Crippen molar-refractivity contribution in [3.8, 4) is 12.3 Å². The number of hydrogen-bond acceptors (Lipinski definition) is 2. The van der Waals surface area contributed by atoms with Crippen LogP contribution in [-0.2, 0) is 4.79 Å². The molecule has 0 aliphatic rings. The average Bonchev–Trinajstić information content (AvgIpc) is 2.32. The van der Waals surface area contributed by atoms with Crippen LogP contribution >= 0.6 is 0 Å². The van der Waals surface area contributed by atoms with E-state index in [1.807, 2.05) is 7.05 Å². The van der Waals surface area contributed by atoms with Crippen LogP contribution in [0.25, 0.3) is 0 Å². The Bertz CT molecular complexity index is 292. The van der Waals surface area contributed by atoms with E-state index in [1.165, 1.54) is 0 Å². The zero-order chi connectivity index (χ0) is 14.7. The van der Waals surface area contributed by atoms with Gasteiger partial charge in [-0.2, -0.15) is 0 Å². The van der Waals surface area contributed by atoms with E-state index >= 15 is 0 Å². The molecule has 0 radical (unpaired) electrons. The molecule has 0 aliphatic carbocycles. The van der Waals surface area contributed by atoms with E-state index in [0.29, 0.717) is 19.4 Å².